The van der Waals surface area contributed by atoms with Gasteiger partial charge in [-0.1, -0.05) is 0 Å². The smallest absolute Gasteiger partial charge is 0.122 e. The monoisotopic (exact) mass is 334 g/mol. The van der Waals surface area contributed by atoms with E-state index in [9.17, 15) is 0 Å². The minimum atomic E-state index is 0.261. The Bertz CT molecular complexity index is 553. The van der Waals surface area contributed by atoms with Crippen molar-refractivity contribution in [1.82, 2.24) is 9.88 Å². The fraction of sp³-hybridized carbons (Fsp3) is 0.833. The number of piperidine rings is 1. The maximum absolute atomic E-state index is 6.46. The van der Waals surface area contributed by atoms with E-state index in [-0.39, 0.29) is 6.10 Å². The van der Waals surface area contributed by atoms with Crippen molar-refractivity contribution in [2.45, 2.75) is 62.7 Å². The van der Waals surface area contributed by atoms with Crippen LogP contribution in [0.1, 0.15) is 61.2 Å². The van der Waals surface area contributed by atoms with Crippen LogP contribution in [-0.2, 0) is 9.47 Å². The standard InChI is InChI=1S/C18H26N2O2S/c1-2-12(1)15-11-23-18(19-15)16-9-13-3-6-20(10-17(13)22-16)14-4-7-21-8-5-14/h11-14,16-17H,1-10H2/t13-,16+,17+/m0/s1. The van der Waals surface area contributed by atoms with Crippen LogP contribution in [0, 0.1) is 5.92 Å². The molecule has 0 spiro atoms. The summed E-state index contributed by atoms with van der Waals surface area (Å²) in [6.07, 6.45) is 8.21. The van der Waals surface area contributed by atoms with Crippen LogP contribution in [0.5, 0.6) is 0 Å². The molecule has 0 bridgehead atoms. The van der Waals surface area contributed by atoms with Crippen molar-refractivity contribution in [3.05, 3.63) is 16.1 Å². The summed E-state index contributed by atoms with van der Waals surface area (Å²) in [6, 6.07) is 0.716. The summed E-state index contributed by atoms with van der Waals surface area (Å²) in [7, 11) is 0. The van der Waals surface area contributed by atoms with Crippen LogP contribution in [0.3, 0.4) is 0 Å². The molecule has 3 aliphatic heterocycles. The predicted molar refractivity (Wildman–Crippen MR) is 89.8 cm³/mol. The Kier molecular flexibility index (Phi) is 3.93. The van der Waals surface area contributed by atoms with Crippen molar-refractivity contribution in [2.24, 2.45) is 5.92 Å². The minimum absolute atomic E-state index is 0.261. The average molecular weight is 334 g/mol. The first-order chi connectivity index (χ1) is 11.4. The second kappa shape index (κ2) is 6.10. The van der Waals surface area contributed by atoms with Gasteiger partial charge in [-0.15, -0.1) is 11.3 Å². The number of fused-ring (bicyclic) bond motifs is 1. The Balaban J connectivity index is 1.23. The van der Waals surface area contributed by atoms with Crippen LogP contribution < -0.4 is 0 Å². The average Bonchev–Trinajstić information content (AvgIpc) is 3.18. The normalized spacial score (nSPS) is 36.3. The lowest BCUT2D eigenvalue weighted by molar-refractivity contribution is -0.0382. The summed E-state index contributed by atoms with van der Waals surface area (Å²) < 4.78 is 12.0. The second-order valence-corrected chi connectivity index (χ2v) is 8.56. The number of hydrogen-bond acceptors (Lipinski definition) is 5. The molecule has 3 atom stereocenters. The molecule has 3 saturated heterocycles. The minimum Gasteiger partial charge on any atom is -0.381 e. The summed E-state index contributed by atoms with van der Waals surface area (Å²) in [6.45, 7) is 4.23. The van der Waals surface area contributed by atoms with Gasteiger partial charge in [0.25, 0.3) is 0 Å². The van der Waals surface area contributed by atoms with Crippen LogP contribution >= 0.6 is 11.3 Å². The van der Waals surface area contributed by atoms with E-state index in [1.54, 1.807) is 0 Å². The van der Waals surface area contributed by atoms with Gasteiger partial charge in [0.1, 0.15) is 11.1 Å². The van der Waals surface area contributed by atoms with Crippen LogP contribution in [0.4, 0.5) is 0 Å². The summed E-state index contributed by atoms with van der Waals surface area (Å²) in [4.78, 5) is 7.55. The zero-order valence-corrected chi connectivity index (χ0v) is 14.5. The molecular formula is C18H26N2O2S. The lowest BCUT2D eigenvalue weighted by Crippen LogP contribution is -2.49. The zero-order chi connectivity index (χ0) is 15.2. The number of thiazole rings is 1. The molecule has 126 valence electrons. The van der Waals surface area contributed by atoms with Gasteiger partial charge in [-0.2, -0.15) is 0 Å². The summed E-state index contributed by atoms with van der Waals surface area (Å²) in [5.41, 5.74) is 1.33. The molecule has 1 saturated carbocycles. The van der Waals surface area contributed by atoms with Crippen LogP contribution in [0.2, 0.25) is 0 Å². The molecule has 1 aliphatic carbocycles. The number of nitrogens with zero attached hydrogens (tertiary/aromatic N) is 2. The third-order valence-electron chi connectivity index (χ3n) is 6.10. The number of rotatable bonds is 3. The number of ether oxygens (including phenoxy) is 2. The van der Waals surface area contributed by atoms with Crippen molar-refractivity contribution in [3.8, 4) is 0 Å². The van der Waals surface area contributed by atoms with Gasteiger partial charge in [-0.05, 0) is 51.0 Å². The molecule has 4 fully saturated rings. The first-order valence-corrected chi connectivity index (χ1v) is 10.2. The van der Waals surface area contributed by atoms with Crippen molar-refractivity contribution < 1.29 is 9.47 Å². The SMILES string of the molecule is c1sc([C@H]2C[C@@H]3CCN(C4CCOCC4)C[C@H]3O2)nc1C1CC1. The van der Waals surface area contributed by atoms with E-state index in [0.29, 0.717) is 12.1 Å². The van der Waals surface area contributed by atoms with E-state index in [1.165, 1.54) is 55.8 Å². The number of hydrogen-bond donors (Lipinski definition) is 0. The summed E-state index contributed by atoms with van der Waals surface area (Å²) in [5.74, 6) is 1.50. The molecule has 5 rings (SSSR count). The second-order valence-electron chi connectivity index (χ2n) is 7.67. The molecule has 1 aromatic rings. The molecule has 4 nitrogen and oxygen atoms in total. The summed E-state index contributed by atoms with van der Waals surface area (Å²) >= 11 is 1.82. The Morgan fingerprint density at radius 2 is 2.00 bits per heavy atom. The molecule has 0 amide bonds. The highest BCUT2D eigenvalue weighted by Crippen LogP contribution is 2.45. The van der Waals surface area contributed by atoms with Gasteiger partial charge in [0.05, 0.1) is 11.8 Å². The van der Waals surface area contributed by atoms with E-state index in [4.69, 9.17) is 14.5 Å². The largest absolute Gasteiger partial charge is 0.381 e. The Hall–Kier alpha value is -0.490. The van der Waals surface area contributed by atoms with E-state index >= 15 is 0 Å². The van der Waals surface area contributed by atoms with Crippen LogP contribution in [-0.4, -0.2) is 48.3 Å². The van der Waals surface area contributed by atoms with E-state index < -0.39 is 0 Å². The molecule has 4 heterocycles. The number of likely N-dealkylation sites (tertiary alicyclic amines) is 1. The Morgan fingerprint density at radius 3 is 2.83 bits per heavy atom. The highest BCUT2D eigenvalue weighted by molar-refractivity contribution is 7.09. The van der Waals surface area contributed by atoms with Crippen LogP contribution in [0.15, 0.2) is 5.38 Å². The molecule has 4 aliphatic rings. The van der Waals surface area contributed by atoms with Gasteiger partial charge in [0.15, 0.2) is 0 Å². The Morgan fingerprint density at radius 1 is 1.13 bits per heavy atom. The highest BCUT2D eigenvalue weighted by atomic mass is 32.1. The molecule has 5 heteroatoms. The quantitative estimate of drug-likeness (QED) is 0.849. The van der Waals surface area contributed by atoms with Crippen LogP contribution in [0.25, 0.3) is 0 Å². The van der Waals surface area contributed by atoms with Gasteiger partial charge < -0.3 is 9.47 Å². The first kappa shape index (κ1) is 14.8. The lowest BCUT2D eigenvalue weighted by Gasteiger charge is -2.40. The molecule has 0 N–H and O–H groups in total. The lowest BCUT2D eigenvalue weighted by atomic mass is 9.90. The van der Waals surface area contributed by atoms with E-state index in [2.05, 4.69) is 10.3 Å². The van der Waals surface area contributed by atoms with Gasteiger partial charge >= 0.3 is 0 Å². The van der Waals surface area contributed by atoms with Crippen molar-refractivity contribution in [1.29, 1.82) is 0 Å². The van der Waals surface area contributed by atoms with Gasteiger partial charge in [-0.3, -0.25) is 4.90 Å². The van der Waals surface area contributed by atoms with Gasteiger partial charge in [-0.25, -0.2) is 4.98 Å². The molecular weight excluding hydrogens is 308 g/mol. The van der Waals surface area contributed by atoms with Crippen molar-refractivity contribution in [3.63, 3.8) is 0 Å². The van der Waals surface area contributed by atoms with Crippen molar-refractivity contribution in [2.75, 3.05) is 26.3 Å². The fourth-order valence-corrected chi connectivity index (χ4v) is 5.46. The zero-order valence-electron chi connectivity index (χ0n) is 13.7. The Labute approximate surface area is 142 Å². The van der Waals surface area contributed by atoms with E-state index in [0.717, 1.165) is 31.6 Å². The maximum Gasteiger partial charge on any atom is 0.122 e. The third kappa shape index (κ3) is 2.97. The molecule has 0 radical (unpaired) electrons. The third-order valence-corrected chi connectivity index (χ3v) is 7.06. The maximum atomic E-state index is 6.46. The molecule has 1 aromatic heterocycles. The van der Waals surface area contributed by atoms with Crippen molar-refractivity contribution >= 4 is 11.3 Å². The summed E-state index contributed by atoms with van der Waals surface area (Å²) in [5, 5.41) is 3.51. The number of aromatic nitrogens is 1. The van der Waals surface area contributed by atoms with E-state index in [1.807, 2.05) is 11.3 Å². The highest BCUT2D eigenvalue weighted by Gasteiger charge is 2.42. The van der Waals surface area contributed by atoms with Gasteiger partial charge in [0, 0.05) is 37.1 Å². The van der Waals surface area contributed by atoms with Gasteiger partial charge in [0.2, 0.25) is 0 Å². The molecule has 23 heavy (non-hydrogen) atoms. The first-order valence-electron chi connectivity index (χ1n) is 9.29. The molecule has 0 unspecified atom stereocenters. The predicted octanol–water partition coefficient (Wildman–Crippen LogP) is 3.35. The fourth-order valence-electron chi connectivity index (χ4n) is 4.51. The molecule has 0 aromatic carbocycles. The topological polar surface area (TPSA) is 34.6 Å².